The number of anilines is 2. The molecular weight excluding hydrogens is 354 g/mol. The second-order valence-corrected chi connectivity index (χ2v) is 6.98. The minimum absolute atomic E-state index is 0.0747. The van der Waals surface area contributed by atoms with E-state index in [1.807, 2.05) is 47.5 Å². The van der Waals surface area contributed by atoms with E-state index in [4.69, 9.17) is 0 Å². The Hall–Kier alpha value is -3.35. The van der Waals surface area contributed by atoms with E-state index < -0.39 is 0 Å². The van der Waals surface area contributed by atoms with Crippen molar-refractivity contribution in [1.29, 1.82) is 0 Å². The normalized spacial score (nSPS) is 14.3. The van der Waals surface area contributed by atoms with Crippen molar-refractivity contribution in [2.45, 2.75) is 13.3 Å². The van der Waals surface area contributed by atoms with Gasteiger partial charge in [-0.05, 0) is 23.8 Å². The van der Waals surface area contributed by atoms with Crippen molar-refractivity contribution < 1.29 is 9.59 Å². The summed E-state index contributed by atoms with van der Waals surface area (Å²) in [4.78, 5) is 35.5. The van der Waals surface area contributed by atoms with Gasteiger partial charge in [-0.2, -0.15) is 0 Å². The topological polar surface area (TPSA) is 81.3 Å². The van der Waals surface area contributed by atoms with Gasteiger partial charge < -0.3 is 20.1 Å². The number of nitrogens with one attached hydrogen (secondary N) is 2. The number of fused-ring (bicyclic) bond motifs is 1. The van der Waals surface area contributed by atoms with Crippen LogP contribution in [0.25, 0.3) is 10.9 Å². The molecule has 7 heteroatoms. The Morgan fingerprint density at radius 3 is 2.61 bits per heavy atom. The molecular formula is C21H23N5O2. The number of carbonyl (C=O) groups is 2. The van der Waals surface area contributed by atoms with Crippen LogP contribution in [-0.2, 0) is 16.0 Å². The van der Waals surface area contributed by atoms with E-state index in [2.05, 4.69) is 20.2 Å². The molecule has 3 heterocycles. The molecule has 2 amide bonds. The number of pyridine rings is 1. The number of aromatic amines is 1. The van der Waals surface area contributed by atoms with Gasteiger partial charge in [-0.1, -0.05) is 18.2 Å². The van der Waals surface area contributed by atoms with E-state index in [0.29, 0.717) is 25.2 Å². The molecule has 3 aromatic rings. The Morgan fingerprint density at radius 1 is 1.11 bits per heavy atom. The number of nitrogens with zero attached hydrogens (tertiary/aromatic N) is 3. The van der Waals surface area contributed by atoms with Crippen LogP contribution >= 0.6 is 0 Å². The van der Waals surface area contributed by atoms with Crippen LogP contribution in [0.2, 0.25) is 0 Å². The summed E-state index contributed by atoms with van der Waals surface area (Å²) in [6.45, 7) is 4.54. The Labute approximate surface area is 163 Å². The zero-order valence-electron chi connectivity index (χ0n) is 15.8. The van der Waals surface area contributed by atoms with Crippen LogP contribution in [0.4, 0.5) is 11.5 Å². The van der Waals surface area contributed by atoms with Crippen LogP contribution < -0.4 is 10.2 Å². The predicted molar refractivity (Wildman–Crippen MR) is 109 cm³/mol. The fourth-order valence-electron chi connectivity index (χ4n) is 3.55. The summed E-state index contributed by atoms with van der Waals surface area (Å²) >= 11 is 0. The molecule has 0 unspecified atom stereocenters. The van der Waals surface area contributed by atoms with Crippen molar-refractivity contribution in [3.63, 3.8) is 0 Å². The molecule has 2 N–H and O–H groups in total. The summed E-state index contributed by atoms with van der Waals surface area (Å²) < 4.78 is 0. The minimum atomic E-state index is -0.0747. The van der Waals surface area contributed by atoms with Crippen LogP contribution in [0.15, 0.2) is 48.8 Å². The monoisotopic (exact) mass is 377 g/mol. The van der Waals surface area contributed by atoms with E-state index in [9.17, 15) is 9.59 Å². The maximum Gasteiger partial charge on any atom is 0.228 e. The molecule has 1 saturated heterocycles. The summed E-state index contributed by atoms with van der Waals surface area (Å²) in [7, 11) is 0. The van der Waals surface area contributed by atoms with Crippen molar-refractivity contribution in [1.82, 2.24) is 14.9 Å². The molecule has 2 aromatic heterocycles. The molecule has 1 fully saturated rings. The molecule has 0 radical (unpaired) electrons. The predicted octanol–water partition coefficient (Wildman–Crippen LogP) is 2.41. The molecule has 0 atom stereocenters. The Balaban J connectivity index is 1.35. The molecule has 0 saturated carbocycles. The first kappa shape index (κ1) is 18.0. The lowest BCUT2D eigenvalue weighted by atomic mass is 10.1. The van der Waals surface area contributed by atoms with Gasteiger partial charge in [0.25, 0.3) is 0 Å². The third kappa shape index (κ3) is 3.83. The lowest BCUT2D eigenvalue weighted by Gasteiger charge is -2.34. The van der Waals surface area contributed by atoms with Gasteiger partial charge in [-0.25, -0.2) is 4.98 Å². The molecule has 4 rings (SSSR count). The first-order chi connectivity index (χ1) is 13.6. The van der Waals surface area contributed by atoms with Crippen molar-refractivity contribution in [3.05, 3.63) is 54.4 Å². The Bertz CT molecular complexity index is 987. The fraction of sp³-hybridized carbons (Fsp3) is 0.286. The molecule has 0 bridgehead atoms. The summed E-state index contributed by atoms with van der Waals surface area (Å²) in [6.07, 6.45) is 3.87. The van der Waals surface area contributed by atoms with E-state index in [1.165, 1.54) is 0 Å². The molecule has 0 spiro atoms. The highest BCUT2D eigenvalue weighted by molar-refractivity contribution is 5.95. The van der Waals surface area contributed by atoms with Crippen LogP contribution in [0.1, 0.15) is 12.5 Å². The van der Waals surface area contributed by atoms with Gasteiger partial charge in [0.2, 0.25) is 11.8 Å². The fourth-order valence-corrected chi connectivity index (χ4v) is 3.55. The van der Waals surface area contributed by atoms with Gasteiger partial charge in [0.15, 0.2) is 0 Å². The van der Waals surface area contributed by atoms with Crippen LogP contribution in [0, 0.1) is 0 Å². The number of H-pyrrole nitrogens is 1. The number of hydrogen-bond donors (Lipinski definition) is 2. The second-order valence-electron chi connectivity index (χ2n) is 6.98. The van der Waals surface area contributed by atoms with Crippen LogP contribution in [-0.4, -0.2) is 52.9 Å². The highest BCUT2D eigenvalue weighted by Gasteiger charge is 2.19. The summed E-state index contributed by atoms with van der Waals surface area (Å²) in [5.41, 5.74) is 2.68. The van der Waals surface area contributed by atoms with Crippen molar-refractivity contribution in [2.24, 2.45) is 0 Å². The van der Waals surface area contributed by atoms with Gasteiger partial charge in [0.1, 0.15) is 5.82 Å². The first-order valence-corrected chi connectivity index (χ1v) is 9.41. The number of amides is 2. The first-order valence-electron chi connectivity index (χ1n) is 9.41. The van der Waals surface area contributed by atoms with Gasteiger partial charge in [0.05, 0.1) is 18.3 Å². The number of rotatable bonds is 4. The molecule has 1 aromatic carbocycles. The van der Waals surface area contributed by atoms with E-state index in [-0.39, 0.29) is 11.8 Å². The zero-order chi connectivity index (χ0) is 19.5. The zero-order valence-corrected chi connectivity index (χ0v) is 15.8. The van der Waals surface area contributed by atoms with E-state index in [0.717, 1.165) is 35.4 Å². The van der Waals surface area contributed by atoms with Crippen molar-refractivity contribution >= 4 is 34.2 Å². The number of piperazine rings is 1. The molecule has 144 valence electrons. The molecule has 1 aliphatic heterocycles. The van der Waals surface area contributed by atoms with Crippen LogP contribution in [0.5, 0.6) is 0 Å². The molecule has 1 aliphatic rings. The maximum atomic E-state index is 12.4. The summed E-state index contributed by atoms with van der Waals surface area (Å²) in [5.74, 6) is 0.896. The smallest absolute Gasteiger partial charge is 0.228 e. The van der Waals surface area contributed by atoms with E-state index >= 15 is 0 Å². The van der Waals surface area contributed by atoms with Gasteiger partial charge in [0, 0.05) is 50.2 Å². The largest absolute Gasteiger partial charge is 0.361 e. The molecule has 0 aliphatic carbocycles. The number of hydrogen-bond acceptors (Lipinski definition) is 4. The number of aromatic nitrogens is 2. The number of benzene rings is 1. The lowest BCUT2D eigenvalue weighted by Crippen LogP contribution is -2.48. The average molecular weight is 377 g/mol. The van der Waals surface area contributed by atoms with Crippen LogP contribution in [0.3, 0.4) is 0 Å². The molecule has 7 nitrogen and oxygen atoms in total. The van der Waals surface area contributed by atoms with Crippen molar-refractivity contribution in [2.75, 3.05) is 36.4 Å². The van der Waals surface area contributed by atoms with Gasteiger partial charge in [-0.3, -0.25) is 9.59 Å². The van der Waals surface area contributed by atoms with E-state index in [1.54, 1.807) is 13.1 Å². The Morgan fingerprint density at radius 2 is 1.89 bits per heavy atom. The number of para-hydroxylation sites is 1. The van der Waals surface area contributed by atoms with Gasteiger partial charge >= 0.3 is 0 Å². The average Bonchev–Trinajstić information content (AvgIpc) is 3.11. The summed E-state index contributed by atoms with van der Waals surface area (Å²) in [5, 5.41) is 3.98. The highest BCUT2D eigenvalue weighted by atomic mass is 16.2. The van der Waals surface area contributed by atoms with Gasteiger partial charge in [-0.15, -0.1) is 0 Å². The summed E-state index contributed by atoms with van der Waals surface area (Å²) in [6, 6.07) is 11.7. The molecule has 28 heavy (non-hydrogen) atoms. The lowest BCUT2D eigenvalue weighted by molar-refractivity contribution is -0.129. The standard InChI is InChI=1S/C21H23N5O2/c1-15(27)25-8-10-26(11-9-25)20-7-6-17(14-23-20)24-21(28)12-16-13-22-19-5-3-2-4-18(16)19/h2-7,13-14,22H,8-12H2,1H3,(H,24,28). The maximum absolute atomic E-state index is 12.4. The van der Waals surface area contributed by atoms with Crippen molar-refractivity contribution in [3.8, 4) is 0 Å². The minimum Gasteiger partial charge on any atom is -0.361 e. The third-order valence-corrected chi connectivity index (χ3v) is 5.11. The highest BCUT2D eigenvalue weighted by Crippen LogP contribution is 2.20. The third-order valence-electron chi connectivity index (χ3n) is 5.11. The second kappa shape index (κ2) is 7.72. The number of carbonyl (C=O) groups excluding carboxylic acids is 2. The quantitative estimate of drug-likeness (QED) is 0.732. The Kier molecular flexibility index (Phi) is 4.97. The SMILES string of the molecule is CC(=O)N1CCN(c2ccc(NC(=O)Cc3c[nH]c4ccccc34)cn2)CC1.